The monoisotopic (exact) mass is 360 g/mol. The van der Waals surface area contributed by atoms with Gasteiger partial charge in [0.2, 0.25) is 0 Å². The average Bonchev–Trinajstić information content (AvgIpc) is 2.69. The van der Waals surface area contributed by atoms with Crippen molar-refractivity contribution in [1.82, 2.24) is 0 Å². The van der Waals surface area contributed by atoms with Gasteiger partial charge in [0.1, 0.15) is 11.5 Å². The van der Waals surface area contributed by atoms with Crippen LogP contribution < -0.4 is 9.47 Å². The maximum Gasteiger partial charge on any atom is 0.343 e. The molecule has 0 spiro atoms. The molecule has 3 heteroatoms. The molecule has 0 aromatic heterocycles. The molecule has 0 aliphatic heterocycles. The molecule has 0 radical (unpaired) electrons. The van der Waals surface area contributed by atoms with Crippen LogP contribution in [0, 0.1) is 5.92 Å². The van der Waals surface area contributed by atoms with E-state index in [0.717, 1.165) is 23.3 Å². The van der Waals surface area contributed by atoms with Crippen molar-refractivity contribution in [1.29, 1.82) is 0 Å². The van der Waals surface area contributed by atoms with Crippen molar-refractivity contribution >= 4 is 5.97 Å². The lowest BCUT2D eigenvalue weighted by molar-refractivity contribution is 0.0735. The summed E-state index contributed by atoms with van der Waals surface area (Å²) < 4.78 is 11.4. The Hall–Kier alpha value is -3.07. The van der Waals surface area contributed by atoms with Gasteiger partial charge in [-0.1, -0.05) is 62.4 Å². The summed E-state index contributed by atoms with van der Waals surface area (Å²) in [4.78, 5) is 12.5. The van der Waals surface area contributed by atoms with Gasteiger partial charge in [0.05, 0.1) is 12.2 Å². The summed E-state index contributed by atoms with van der Waals surface area (Å²) >= 11 is 0. The molecule has 3 rings (SSSR count). The Balaban J connectivity index is 1.69. The number of para-hydroxylation sites is 1. The van der Waals surface area contributed by atoms with Crippen LogP contribution in [-0.2, 0) is 0 Å². The highest BCUT2D eigenvalue weighted by molar-refractivity contribution is 5.92. The van der Waals surface area contributed by atoms with Crippen molar-refractivity contribution in [2.45, 2.75) is 20.3 Å². The topological polar surface area (TPSA) is 35.5 Å². The minimum absolute atomic E-state index is 0.382. The summed E-state index contributed by atoms with van der Waals surface area (Å²) in [6.07, 6.45) is 1.00. The Morgan fingerprint density at radius 2 is 1.52 bits per heavy atom. The van der Waals surface area contributed by atoms with Crippen LogP contribution in [0.2, 0.25) is 0 Å². The SMILES string of the molecule is CC(C)CCOc1ccc(C(=O)Oc2ccccc2-c2ccccc2)cc1. The summed E-state index contributed by atoms with van der Waals surface area (Å²) in [5.74, 6) is 1.53. The number of esters is 1. The molecule has 0 saturated carbocycles. The van der Waals surface area contributed by atoms with Crippen LogP contribution in [0.4, 0.5) is 0 Å². The lowest BCUT2D eigenvalue weighted by Gasteiger charge is -2.11. The number of hydrogen-bond donors (Lipinski definition) is 0. The van der Waals surface area contributed by atoms with Crippen molar-refractivity contribution in [3.8, 4) is 22.6 Å². The Labute approximate surface area is 160 Å². The third kappa shape index (κ3) is 5.20. The first-order valence-electron chi connectivity index (χ1n) is 9.23. The Morgan fingerprint density at radius 3 is 2.22 bits per heavy atom. The van der Waals surface area contributed by atoms with Crippen LogP contribution in [0.25, 0.3) is 11.1 Å². The van der Waals surface area contributed by atoms with Crippen LogP contribution >= 0.6 is 0 Å². The molecule has 0 heterocycles. The van der Waals surface area contributed by atoms with E-state index in [4.69, 9.17) is 9.47 Å². The van der Waals surface area contributed by atoms with Gasteiger partial charge in [0.25, 0.3) is 0 Å². The van der Waals surface area contributed by atoms with E-state index >= 15 is 0 Å². The third-order valence-electron chi connectivity index (χ3n) is 4.23. The molecule has 3 aromatic carbocycles. The first-order valence-corrected chi connectivity index (χ1v) is 9.23. The summed E-state index contributed by atoms with van der Waals surface area (Å²) in [6.45, 7) is 5.00. The normalized spacial score (nSPS) is 10.6. The molecule has 0 bridgehead atoms. The van der Waals surface area contributed by atoms with Gasteiger partial charge in [0, 0.05) is 5.56 Å². The fraction of sp³-hybridized carbons (Fsp3) is 0.208. The molecule has 0 fully saturated rings. The highest BCUT2D eigenvalue weighted by Gasteiger charge is 2.12. The maximum absolute atomic E-state index is 12.5. The van der Waals surface area contributed by atoms with Gasteiger partial charge < -0.3 is 9.47 Å². The van der Waals surface area contributed by atoms with Crippen LogP contribution in [0.1, 0.15) is 30.6 Å². The molecule has 0 amide bonds. The number of ether oxygens (including phenoxy) is 2. The maximum atomic E-state index is 12.5. The van der Waals surface area contributed by atoms with Gasteiger partial charge >= 0.3 is 5.97 Å². The van der Waals surface area contributed by atoms with Crippen molar-refractivity contribution in [3.63, 3.8) is 0 Å². The number of carbonyl (C=O) groups excluding carboxylic acids is 1. The Bertz CT molecular complexity index is 868. The van der Waals surface area contributed by atoms with Crippen LogP contribution in [0.15, 0.2) is 78.9 Å². The summed E-state index contributed by atoms with van der Waals surface area (Å²) in [6, 6.07) is 24.5. The number of rotatable bonds is 7. The molecule has 0 N–H and O–H groups in total. The van der Waals surface area contributed by atoms with Crippen molar-refractivity contribution < 1.29 is 14.3 Å². The van der Waals surface area contributed by atoms with Gasteiger partial charge in [-0.15, -0.1) is 0 Å². The van der Waals surface area contributed by atoms with E-state index < -0.39 is 0 Å². The van der Waals surface area contributed by atoms with Crippen molar-refractivity contribution in [3.05, 3.63) is 84.4 Å². The average molecular weight is 360 g/mol. The van der Waals surface area contributed by atoms with Gasteiger partial charge in [-0.05, 0) is 48.2 Å². The third-order valence-corrected chi connectivity index (χ3v) is 4.23. The molecule has 0 aliphatic rings. The van der Waals surface area contributed by atoms with E-state index in [-0.39, 0.29) is 5.97 Å². The molecule has 0 unspecified atom stereocenters. The molecule has 0 aliphatic carbocycles. The Morgan fingerprint density at radius 1 is 0.852 bits per heavy atom. The highest BCUT2D eigenvalue weighted by atomic mass is 16.5. The first-order chi connectivity index (χ1) is 13.1. The van der Waals surface area contributed by atoms with E-state index in [1.165, 1.54) is 0 Å². The zero-order valence-electron chi connectivity index (χ0n) is 15.7. The predicted octanol–water partition coefficient (Wildman–Crippen LogP) is 6.00. The quantitative estimate of drug-likeness (QED) is 0.383. The number of carbonyl (C=O) groups is 1. The molecule has 3 aromatic rings. The lowest BCUT2D eigenvalue weighted by atomic mass is 10.0. The highest BCUT2D eigenvalue weighted by Crippen LogP contribution is 2.30. The van der Waals surface area contributed by atoms with E-state index in [9.17, 15) is 4.79 Å². The van der Waals surface area contributed by atoms with Gasteiger partial charge in [-0.3, -0.25) is 0 Å². The van der Waals surface area contributed by atoms with E-state index in [1.807, 2.05) is 54.6 Å². The fourth-order valence-electron chi connectivity index (χ4n) is 2.67. The van der Waals surface area contributed by atoms with E-state index in [1.54, 1.807) is 24.3 Å². The molecule has 27 heavy (non-hydrogen) atoms. The smallest absolute Gasteiger partial charge is 0.343 e. The van der Waals surface area contributed by atoms with Crippen LogP contribution in [-0.4, -0.2) is 12.6 Å². The molecule has 0 atom stereocenters. The van der Waals surface area contributed by atoms with Gasteiger partial charge in [-0.2, -0.15) is 0 Å². The summed E-state index contributed by atoms with van der Waals surface area (Å²) in [5, 5.41) is 0. The lowest BCUT2D eigenvalue weighted by Crippen LogP contribution is -2.09. The second-order valence-electron chi connectivity index (χ2n) is 6.81. The molecule has 0 saturated heterocycles. The Kier molecular flexibility index (Phi) is 6.26. The summed E-state index contributed by atoms with van der Waals surface area (Å²) in [7, 11) is 0. The van der Waals surface area contributed by atoms with E-state index in [0.29, 0.717) is 23.8 Å². The summed E-state index contributed by atoms with van der Waals surface area (Å²) in [5.41, 5.74) is 2.39. The number of benzene rings is 3. The second-order valence-corrected chi connectivity index (χ2v) is 6.81. The zero-order valence-corrected chi connectivity index (χ0v) is 15.7. The minimum atomic E-state index is -0.382. The van der Waals surface area contributed by atoms with Crippen molar-refractivity contribution in [2.24, 2.45) is 5.92 Å². The van der Waals surface area contributed by atoms with Crippen LogP contribution in [0.5, 0.6) is 11.5 Å². The molecule has 3 nitrogen and oxygen atoms in total. The van der Waals surface area contributed by atoms with Crippen LogP contribution in [0.3, 0.4) is 0 Å². The molecule has 138 valence electrons. The van der Waals surface area contributed by atoms with Gasteiger partial charge in [0.15, 0.2) is 0 Å². The molecular weight excluding hydrogens is 336 g/mol. The van der Waals surface area contributed by atoms with E-state index in [2.05, 4.69) is 13.8 Å². The standard InChI is InChI=1S/C24H24O3/c1-18(2)16-17-26-21-14-12-20(13-15-21)24(25)27-23-11-7-6-10-22(23)19-8-4-3-5-9-19/h3-15,18H,16-17H2,1-2H3. The largest absolute Gasteiger partial charge is 0.494 e. The zero-order chi connectivity index (χ0) is 19.1. The second kappa shape index (κ2) is 9.04. The van der Waals surface area contributed by atoms with Crippen molar-refractivity contribution in [2.75, 3.05) is 6.61 Å². The fourth-order valence-corrected chi connectivity index (χ4v) is 2.67. The molecular formula is C24H24O3. The minimum Gasteiger partial charge on any atom is -0.494 e. The predicted molar refractivity (Wildman–Crippen MR) is 108 cm³/mol. The van der Waals surface area contributed by atoms with Gasteiger partial charge in [-0.25, -0.2) is 4.79 Å². The number of hydrogen-bond acceptors (Lipinski definition) is 3. The first kappa shape index (κ1) is 18.7.